The molecule has 7 heteroatoms. The lowest BCUT2D eigenvalue weighted by Gasteiger charge is -2.09. The van der Waals surface area contributed by atoms with Gasteiger partial charge >= 0.3 is 0 Å². The summed E-state index contributed by atoms with van der Waals surface area (Å²) >= 11 is 0. The summed E-state index contributed by atoms with van der Waals surface area (Å²) in [6.45, 7) is 3.63. The molecule has 1 aliphatic carbocycles. The van der Waals surface area contributed by atoms with Crippen LogP contribution in [0, 0.1) is 5.82 Å². The molecule has 3 rings (SSSR count). The predicted octanol–water partition coefficient (Wildman–Crippen LogP) is 1.75. The summed E-state index contributed by atoms with van der Waals surface area (Å²) in [5, 5.41) is 9.77. The van der Waals surface area contributed by atoms with Crippen LogP contribution in [0.4, 0.5) is 4.39 Å². The molecule has 0 fully saturated rings. The van der Waals surface area contributed by atoms with Crippen LogP contribution in [-0.4, -0.2) is 34.2 Å². The van der Waals surface area contributed by atoms with Gasteiger partial charge in [-0.25, -0.2) is 9.07 Å². The third kappa shape index (κ3) is 3.70. The highest BCUT2D eigenvalue weighted by atomic mass is 19.1. The molecule has 1 heterocycles. The highest BCUT2D eigenvalue weighted by Gasteiger charge is 2.27. The van der Waals surface area contributed by atoms with E-state index in [1.54, 1.807) is 16.8 Å². The van der Waals surface area contributed by atoms with E-state index in [-0.39, 0.29) is 30.2 Å². The fourth-order valence-corrected chi connectivity index (χ4v) is 3.03. The summed E-state index contributed by atoms with van der Waals surface area (Å²) in [6.07, 6.45) is 2.54. The SMILES string of the molecule is CC(C)NC(=O)CNC(=O)c1nn(-c2ccc(F)cc2)c2c1CCC2. The zero-order valence-electron chi connectivity index (χ0n) is 14.3. The zero-order valence-corrected chi connectivity index (χ0v) is 14.3. The number of fused-ring (bicyclic) bond motifs is 1. The van der Waals surface area contributed by atoms with Gasteiger partial charge in [-0.15, -0.1) is 0 Å². The van der Waals surface area contributed by atoms with Crippen LogP contribution >= 0.6 is 0 Å². The number of carbonyl (C=O) groups excluding carboxylic acids is 2. The number of nitrogens with one attached hydrogen (secondary N) is 2. The number of nitrogens with zero attached hydrogens (tertiary/aromatic N) is 2. The molecule has 132 valence electrons. The summed E-state index contributed by atoms with van der Waals surface area (Å²) < 4.78 is 14.8. The van der Waals surface area contributed by atoms with Gasteiger partial charge in [0.05, 0.1) is 12.2 Å². The van der Waals surface area contributed by atoms with Gasteiger partial charge in [-0.1, -0.05) is 0 Å². The second kappa shape index (κ2) is 7.04. The maximum absolute atomic E-state index is 13.1. The maximum atomic E-state index is 13.1. The van der Waals surface area contributed by atoms with Crippen molar-refractivity contribution in [1.29, 1.82) is 0 Å². The third-order valence-corrected chi connectivity index (χ3v) is 4.08. The van der Waals surface area contributed by atoms with E-state index in [2.05, 4.69) is 15.7 Å². The van der Waals surface area contributed by atoms with Crippen LogP contribution < -0.4 is 10.6 Å². The summed E-state index contributed by atoms with van der Waals surface area (Å²) in [5.41, 5.74) is 2.94. The van der Waals surface area contributed by atoms with Gasteiger partial charge < -0.3 is 10.6 Å². The highest BCUT2D eigenvalue weighted by Crippen LogP contribution is 2.27. The van der Waals surface area contributed by atoms with E-state index in [0.29, 0.717) is 5.69 Å². The van der Waals surface area contributed by atoms with Crippen molar-refractivity contribution in [2.24, 2.45) is 0 Å². The zero-order chi connectivity index (χ0) is 18.0. The number of amides is 2. The van der Waals surface area contributed by atoms with Crippen LogP contribution in [0.25, 0.3) is 5.69 Å². The Morgan fingerprint density at radius 2 is 1.96 bits per heavy atom. The van der Waals surface area contributed by atoms with Gasteiger partial charge in [0.2, 0.25) is 5.91 Å². The monoisotopic (exact) mass is 344 g/mol. The fourth-order valence-electron chi connectivity index (χ4n) is 3.03. The number of aromatic nitrogens is 2. The molecule has 25 heavy (non-hydrogen) atoms. The Labute approximate surface area is 145 Å². The van der Waals surface area contributed by atoms with Gasteiger partial charge in [0, 0.05) is 17.3 Å². The van der Waals surface area contributed by atoms with Gasteiger partial charge in [-0.05, 0) is 57.4 Å². The molecular weight excluding hydrogens is 323 g/mol. The Hall–Kier alpha value is -2.70. The van der Waals surface area contributed by atoms with E-state index in [9.17, 15) is 14.0 Å². The van der Waals surface area contributed by atoms with E-state index in [4.69, 9.17) is 0 Å². The van der Waals surface area contributed by atoms with Crippen molar-refractivity contribution in [3.8, 4) is 5.69 Å². The molecule has 1 aliphatic rings. The number of rotatable bonds is 5. The van der Waals surface area contributed by atoms with E-state index in [0.717, 1.165) is 36.2 Å². The third-order valence-electron chi connectivity index (χ3n) is 4.08. The van der Waals surface area contributed by atoms with E-state index in [1.165, 1.54) is 12.1 Å². The lowest BCUT2D eigenvalue weighted by molar-refractivity contribution is -0.120. The molecule has 2 amide bonds. The van der Waals surface area contributed by atoms with Gasteiger partial charge in [0.1, 0.15) is 5.82 Å². The Morgan fingerprint density at radius 1 is 1.24 bits per heavy atom. The molecule has 0 saturated heterocycles. The van der Waals surface area contributed by atoms with E-state index >= 15 is 0 Å². The first-order valence-corrected chi connectivity index (χ1v) is 8.40. The summed E-state index contributed by atoms with van der Waals surface area (Å²) in [6, 6.07) is 6.03. The minimum atomic E-state index is -0.363. The minimum absolute atomic E-state index is 0.0198. The average molecular weight is 344 g/mol. The smallest absolute Gasteiger partial charge is 0.272 e. The predicted molar refractivity (Wildman–Crippen MR) is 91.2 cm³/mol. The number of benzene rings is 1. The minimum Gasteiger partial charge on any atom is -0.352 e. The molecule has 0 radical (unpaired) electrons. The fraction of sp³-hybridized carbons (Fsp3) is 0.389. The molecule has 0 saturated carbocycles. The average Bonchev–Trinajstić information content (AvgIpc) is 3.15. The Balaban J connectivity index is 1.80. The van der Waals surface area contributed by atoms with Crippen molar-refractivity contribution in [3.63, 3.8) is 0 Å². The molecule has 2 aromatic rings. The largest absolute Gasteiger partial charge is 0.352 e. The van der Waals surface area contributed by atoms with Crippen molar-refractivity contribution in [2.45, 2.75) is 39.2 Å². The first kappa shape index (κ1) is 17.1. The second-order valence-corrected chi connectivity index (χ2v) is 6.42. The van der Waals surface area contributed by atoms with E-state index in [1.807, 2.05) is 13.8 Å². The standard InChI is InChI=1S/C18H21FN4O2/c1-11(2)21-16(24)10-20-18(25)17-14-4-3-5-15(14)23(22-17)13-8-6-12(19)7-9-13/h6-9,11H,3-5,10H2,1-2H3,(H,20,25)(H,21,24). The quantitative estimate of drug-likeness (QED) is 0.868. The summed E-state index contributed by atoms with van der Waals surface area (Å²) in [4.78, 5) is 24.2. The molecular formula is C18H21FN4O2. The van der Waals surface area contributed by atoms with Crippen LogP contribution in [-0.2, 0) is 17.6 Å². The van der Waals surface area contributed by atoms with Crippen LogP contribution in [0.3, 0.4) is 0 Å². The number of carbonyl (C=O) groups is 2. The van der Waals surface area contributed by atoms with Crippen molar-refractivity contribution in [3.05, 3.63) is 47.0 Å². The number of halogens is 1. The highest BCUT2D eigenvalue weighted by molar-refractivity contribution is 5.96. The lowest BCUT2D eigenvalue weighted by Crippen LogP contribution is -2.40. The van der Waals surface area contributed by atoms with Crippen molar-refractivity contribution in [2.75, 3.05) is 6.54 Å². The summed E-state index contributed by atoms with van der Waals surface area (Å²) in [5.74, 6) is -0.919. The maximum Gasteiger partial charge on any atom is 0.272 e. The normalized spacial score (nSPS) is 13.0. The molecule has 0 bridgehead atoms. The van der Waals surface area contributed by atoms with Crippen LogP contribution in [0.5, 0.6) is 0 Å². The topological polar surface area (TPSA) is 76.0 Å². The van der Waals surface area contributed by atoms with Crippen LogP contribution in [0.2, 0.25) is 0 Å². The van der Waals surface area contributed by atoms with Crippen molar-refractivity contribution in [1.82, 2.24) is 20.4 Å². The first-order chi connectivity index (χ1) is 12.0. The van der Waals surface area contributed by atoms with Crippen molar-refractivity contribution < 1.29 is 14.0 Å². The van der Waals surface area contributed by atoms with Crippen LogP contribution in [0.1, 0.15) is 42.0 Å². The van der Waals surface area contributed by atoms with Gasteiger partial charge in [0.25, 0.3) is 5.91 Å². The summed E-state index contributed by atoms with van der Waals surface area (Å²) in [7, 11) is 0. The van der Waals surface area contributed by atoms with E-state index < -0.39 is 0 Å². The van der Waals surface area contributed by atoms with Gasteiger partial charge in [-0.3, -0.25) is 9.59 Å². The number of hydrogen-bond donors (Lipinski definition) is 2. The molecule has 2 N–H and O–H groups in total. The molecule has 0 aliphatic heterocycles. The van der Waals surface area contributed by atoms with Crippen molar-refractivity contribution >= 4 is 11.8 Å². The lowest BCUT2D eigenvalue weighted by atomic mass is 10.2. The molecule has 1 aromatic carbocycles. The Bertz CT molecular complexity index is 796. The molecule has 6 nitrogen and oxygen atoms in total. The second-order valence-electron chi connectivity index (χ2n) is 6.42. The van der Waals surface area contributed by atoms with Crippen LogP contribution in [0.15, 0.2) is 24.3 Å². The molecule has 0 unspecified atom stereocenters. The van der Waals surface area contributed by atoms with Gasteiger partial charge in [0.15, 0.2) is 5.69 Å². The Morgan fingerprint density at radius 3 is 2.64 bits per heavy atom. The molecule has 1 aromatic heterocycles. The first-order valence-electron chi connectivity index (χ1n) is 8.40. The molecule has 0 spiro atoms. The number of hydrogen-bond acceptors (Lipinski definition) is 3. The van der Waals surface area contributed by atoms with Gasteiger partial charge in [-0.2, -0.15) is 5.10 Å². The molecule has 0 atom stereocenters. The Kier molecular flexibility index (Phi) is 4.83.